The van der Waals surface area contributed by atoms with Crippen molar-refractivity contribution in [2.75, 3.05) is 18.5 Å². The van der Waals surface area contributed by atoms with Gasteiger partial charge < -0.3 is 10.2 Å². The predicted octanol–water partition coefficient (Wildman–Crippen LogP) is 2.88. The molecule has 0 atom stereocenters. The van der Waals surface area contributed by atoms with Crippen LogP contribution in [0.15, 0.2) is 36.7 Å². The molecule has 20 heavy (non-hydrogen) atoms. The Hall–Kier alpha value is -1.65. The lowest BCUT2D eigenvalue weighted by Crippen LogP contribution is -2.19. The monoisotopic (exact) mass is 290 g/mol. The molecule has 2 aromatic heterocycles. The Bertz CT molecular complexity index is 545. The van der Waals surface area contributed by atoms with Crippen LogP contribution >= 0.6 is 11.6 Å². The van der Waals surface area contributed by atoms with Gasteiger partial charge in [-0.15, -0.1) is 0 Å². The number of anilines is 1. The summed E-state index contributed by atoms with van der Waals surface area (Å²) in [7, 11) is 2.02. The Balaban J connectivity index is 2.11. The van der Waals surface area contributed by atoms with Crippen molar-refractivity contribution in [3.8, 4) is 0 Å². The minimum atomic E-state index is 0.687. The van der Waals surface area contributed by atoms with Crippen molar-refractivity contribution in [3.05, 3.63) is 52.9 Å². The Morgan fingerprint density at radius 2 is 1.95 bits per heavy atom. The maximum absolute atomic E-state index is 6.17. The number of aromatic nitrogens is 2. The van der Waals surface area contributed by atoms with Crippen molar-refractivity contribution in [2.24, 2.45) is 0 Å². The summed E-state index contributed by atoms with van der Waals surface area (Å²) in [5, 5.41) is 3.95. The summed E-state index contributed by atoms with van der Waals surface area (Å²) in [4.78, 5) is 10.7. The molecule has 0 radical (unpaired) electrons. The normalized spacial score (nSPS) is 10.6. The van der Waals surface area contributed by atoms with Crippen LogP contribution in [0.4, 0.5) is 5.82 Å². The zero-order valence-electron chi connectivity index (χ0n) is 11.8. The molecule has 0 aromatic carbocycles. The summed E-state index contributed by atoms with van der Waals surface area (Å²) in [6.45, 7) is 4.44. The second-order valence-corrected chi connectivity index (χ2v) is 5.00. The van der Waals surface area contributed by atoms with E-state index < -0.39 is 0 Å². The summed E-state index contributed by atoms with van der Waals surface area (Å²) < 4.78 is 0. The minimum absolute atomic E-state index is 0.687. The number of halogens is 1. The second-order valence-electron chi connectivity index (χ2n) is 4.59. The molecule has 0 aliphatic carbocycles. The molecule has 0 aliphatic rings. The number of hydrogen-bond donors (Lipinski definition) is 1. The van der Waals surface area contributed by atoms with Crippen LogP contribution in [0.3, 0.4) is 0 Å². The lowest BCUT2D eigenvalue weighted by atomic mass is 10.2. The Morgan fingerprint density at radius 3 is 2.65 bits per heavy atom. The van der Waals surface area contributed by atoms with Gasteiger partial charge in [-0.3, -0.25) is 4.98 Å². The van der Waals surface area contributed by atoms with Crippen LogP contribution in [0.25, 0.3) is 0 Å². The van der Waals surface area contributed by atoms with E-state index in [1.54, 1.807) is 12.4 Å². The molecule has 0 unspecified atom stereocenters. The van der Waals surface area contributed by atoms with Gasteiger partial charge >= 0.3 is 0 Å². The number of rotatable bonds is 6. The Labute approximate surface area is 124 Å². The number of nitrogens with zero attached hydrogens (tertiary/aromatic N) is 3. The number of nitrogens with one attached hydrogen (secondary N) is 1. The maximum atomic E-state index is 6.17. The molecular weight excluding hydrogens is 272 g/mol. The first kappa shape index (κ1) is 14.8. The fourth-order valence-electron chi connectivity index (χ4n) is 1.90. The van der Waals surface area contributed by atoms with E-state index in [1.165, 1.54) is 5.56 Å². The molecule has 0 saturated heterocycles. The third kappa shape index (κ3) is 3.92. The van der Waals surface area contributed by atoms with E-state index in [1.807, 2.05) is 31.3 Å². The van der Waals surface area contributed by atoms with Gasteiger partial charge in [0.05, 0.1) is 10.7 Å². The average Bonchev–Trinajstić information content (AvgIpc) is 2.47. The van der Waals surface area contributed by atoms with Crippen molar-refractivity contribution in [1.29, 1.82) is 0 Å². The van der Waals surface area contributed by atoms with E-state index in [2.05, 4.69) is 27.1 Å². The first-order valence-corrected chi connectivity index (χ1v) is 7.04. The fraction of sp³-hybridized carbons (Fsp3) is 0.333. The van der Waals surface area contributed by atoms with Gasteiger partial charge in [0.1, 0.15) is 5.82 Å². The summed E-state index contributed by atoms with van der Waals surface area (Å²) in [5.41, 5.74) is 2.08. The van der Waals surface area contributed by atoms with Crippen molar-refractivity contribution >= 4 is 17.4 Å². The predicted molar refractivity (Wildman–Crippen MR) is 83.0 cm³/mol. The highest BCUT2D eigenvalue weighted by atomic mass is 35.5. The van der Waals surface area contributed by atoms with Crippen molar-refractivity contribution in [2.45, 2.75) is 20.0 Å². The van der Waals surface area contributed by atoms with E-state index in [0.717, 1.165) is 24.6 Å². The molecule has 0 bridgehead atoms. The molecule has 2 rings (SSSR count). The first-order chi connectivity index (χ1) is 9.70. The van der Waals surface area contributed by atoms with Gasteiger partial charge in [-0.1, -0.05) is 18.5 Å². The smallest absolute Gasteiger partial charge is 0.129 e. The van der Waals surface area contributed by atoms with E-state index in [4.69, 9.17) is 11.6 Å². The topological polar surface area (TPSA) is 41.1 Å². The first-order valence-electron chi connectivity index (χ1n) is 6.67. The van der Waals surface area contributed by atoms with Gasteiger partial charge in [0.25, 0.3) is 0 Å². The summed E-state index contributed by atoms with van der Waals surface area (Å²) in [6.07, 6.45) is 3.60. The summed E-state index contributed by atoms with van der Waals surface area (Å²) >= 11 is 6.17. The number of hydrogen-bond acceptors (Lipinski definition) is 4. The van der Waals surface area contributed by atoms with Crippen LogP contribution in [0, 0.1) is 0 Å². The molecule has 106 valence electrons. The highest BCUT2D eigenvalue weighted by molar-refractivity contribution is 6.31. The molecule has 5 heteroatoms. The third-order valence-electron chi connectivity index (χ3n) is 3.01. The van der Waals surface area contributed by atoms with Crippen molar-refractivity contribution in [1.82, 2.24) is 15.3 Å². The molecule has 4 nitrogen and oxygen atoms in total. The van der Waals surface area contributed by atoms with Crippen molar-refractivity contribution in [3.63, 3.8) is 0 Å². The summed E-state index contributed by atoms with van der Waals surface area (Å²) in [6, 6.07) is 7.86. The molecule has 1 N–H and O–H groups in total. The molecule has 2 heterocycles. The summed E-state index contributed by atoms with van der Waals surface area (Å²) in [5.74, 6) is 0.916. The molecular formula is C15H19ClN4. The molecule has 0 saturated carbocycles. The quantitative estimate of drug-likeness (QED) is 0.888. The highest BCUT2D eigenvalue weighted by Gasteiger charge is 2.08. The molecule has 0 aliphatic heterocycles. The fourth-order valence-corrected chi connectivity index (χ4v) is 2.07. The maximum Gasteiger partial charge on any atom is 0.129 e. The lowest BCUT2D eigenvalue weighted by Gasteiger charge is -2.19. The average molecular weight is 291 g/mol. The highest BCUT2D eigenvalue weighted by Crippen LogP contribution is 2.19. The molecule has 0 amide bonds. The number of pyridine rings is 2. The Kier molecular flexibility index (Phi) is 5.32. The SMILES string of the molecule is CCNCc1nc(N(C)Cc2ccncc2)ccc1Cl. The van der Waals surface area contributed by atoms with Gasteiger partial charge in [0.2, 0.25) is 0 Å². The van der Waals surface area contributed by atoms with E-state index in [-0.39, 0.29) is 0 Å². The van der Waals surface area contributed by atoms with Gasteiger partial charge in [0.15, 0.2) is 0 Å². The largest absolute Gasteiger partial charge is 0.355 e. The van der Waals surface area contributed by atoms with E-state index >= 15 is 0 Å². The third-order valence-corrected chi connectivity index (χ3v) is 3.35. The van der Waals surface area contributed by atoms with Crippen LogP contribution in [-0.4, -0.2) is 23.6 Å². The Morgan fingerprint density at radius 1 is 1.20 bits per heavy atom. The van der Waals surface area contributed by atoms with E-state index in [9.17, 15) is 0 Å². The van der Waals surface area contributed by atoms with Crippen LogP contribution in [0.5, 0.6) is 0 Å². The van der Waals surface area contributed by atoms with Crippen LogP contribution < -0.4 is 10.2 Å². The zero-order chi connectivity index (χ0) is 14.4. The van der Waals surface area contributed by atoms with Crippen LogP contribution in [0.1, 0.15) is 18.2 Å². The lowest BCUT2D eigenvalue weighted by molar-refractivity contribution is 0.708. The van der Waals surface area contributed by atoms with Crippen LogP contribution in [-0.2, 0) is 13.1 Å². The molecule has 0 spiro atoms. The van der Waals surface area contributed by atoms with Gasteiger partial charge in [-0.25, -0.2) is 4.98 Å². The van der Waals surface area contributed by atoms with Crippen molar-refractivity contribution < 1.29 is 0 Å². The molecule has 0 fully saturated rings. The van der Waals surface area contributed by atoms with Gasteiger partial charge in [-0.2, -0.15) is 0 Å². The van der Waals surface area contributed by atoms with Crippen LogP contribution in [0.2, 0.25) is 5.02 Å². The van der Waals surface area contributed by atoms with Gasteiger partial charge in [0, 0.05) is 32.5 Å². The standard InChI is InChI=1S/C15H19ClN4/c1-3-17-10-14-13(16)4-5-15(19-14)20(2)11-12-6-8-18-9-7-12/h4-9,17H,3,10-11H2,1-2H3. The second kappa shape index (κ2) is 7.22. The van der Waals surface area contributed by atoms with E-state index in [0.29, 0.717) is 11.6 Å². The zero-order valence-corrected chi connectivity index (χ0v) is 12.6. The molecule has 2 aromatic rings. The van der Waals surface area contributed by atoms with Gasteiger partial charge in [-0.05, 0) is 36.4 Å². The minimum Gasteiger partial charge on any atom is -0.355 e.